The molecule has 1 aliphatic heterocycles. The first-order valence-corrected chi connectivity index (χ1v) is 6.93. The molecular weight excluding hydrogens is 262 g/mol. The van der Waals surface area contributed by atoms with E-state index < -0.39 is 0 Å². The summed E-state index contributed by atoms with van der Waals surface area (Å²) in [6.07, 6.45) is 1.58. The zero-order valence-corrected chi connectivity index (χ0v) is 12.3. The van der Waals surface area contributed by atoms with Gasteiger partial charge in [-0.15, -0.1) is 0 Å². The number of hydrogen-bond acceptors (Lipinski definition) is 5. The molecule has 0 saturated carbocycles. The molecule has 0 spiro atoms. The highest BCUT2D eigenvalue weighted by molar-refractivity contribution is 5.79. The van der Waals surface area contributed by atoms with Crippen molar-refractivity contribution >= 4 is 11.8 Å². The second-order valence-electron chi connectivity index (χ2n) is 4.83. The second kappa shape index (κ2) is 9.68. The first-order valence-electron chi connectivity index (χ1n) is 6.93. The van der Waals surface area contributed by atoms with Crippen molar-refractivity contribution in [2.75, 3.05) is 53.6 Å². The fourth-order valence-corrected chi connectivity index (χ4v) is 2.16. The SMILES string of the molecule is COCCNCC(=O)N1CCC(NC(=O)COC)CC1. The minimum absolute atomic E-state index is 0.0859. The Hall–Kier alpha value is -1.18. The zero-order chi connectivity index (χ0) is 14.8. The molecule has 0 atom stereocenters. The van der Waals surface area contributed by atoms with Gasteiger partial charge in [0, 0.05) is 39.9 Å². The van der Waals surface area contributed by atoms with Gasteiger partial charge >= 0.3 is 0 Å². The van der Waals surface area contributed by atoms with Crippen molar-refractivity contribution in [3.8, 4) is 0 Å². The van der Waals surface area contributed by atoms with Gasteiger partial charge in [0.15, 0.2) is 0 Å². The van der Waals surface area contributed by atoms with Gasteiger partial charge in [-0.3, -0.25) is 9.59 Å². The summed E-state index contributed by atoms with van der Waals surface area (Å²) >= 11 is 0. The van der Waals surface area contributed by atoms with Crippen LogP contribution in [-0.2, 0) is 19.1 Å². The normalized spacial score (nSPS) is 16.2. The average Bonchev–Trinajstić information content (AvgIpc) is 2.44. The predicted molar refractivity (Wildman–Crippen MR) is 74.4 cm³/mol. The summed E-state index contributed by atoms with van der Waals surface area (Å²) in [7, 11) is 3.13. The van der Waals surface area contributed by atoms with Crippen LogP contribution in [0, 0.1) is 0 Å². The maximum absolute atomic E-state index is 11.9. The number of piperidine rings is 1. The van der Waals surface area contributed by atoms with Crippen LogP contribution in [0.4, 0.5) is 0 Å². The molecule has 0 aliphatic carbocycles. The maximum Gasteiger partial charge on any atom is 0.246 e. The fourth-order valence-electron chi connectivity index (χ4n) is 2.16. The number of hydrogen-bond donors (Lipinski definition) is 2. The minimum atomic E-state index is -0.0986. The van der Waals surface area contributed by atoms with Crippen molar-refractivity contribution in [2.45, 2.75) is 18.9 Å². The molecule has 1 rings (SSSR count). The zero-order valence-electron chi connectivity index (χ0n) is 12.3. The van der Waals surface area contributed by atoms with E-state index in [0.29, 0.717) is 32.8 Å². The number of methoxy groups -OCH3 is 2. The Morgan fingerprint density at radius 2 is 1.90 bits per heavy atom. The van der Waals surface area contributed by atoms with Gasteiger partial charge in [0.25, 0.3) is 0 Å². The third-order valence-corrected chi connectivity index (χ3v) is 3.25. The quantitative estimate of drug-likeness (QED) is 0.558. The van der Waals surface area contributed by atoms with E-state index in [1.165, 1.54) is 7.11 Å². The lowest BCUT2D eigenvalue weighted by Gasteiger charge is -2.32. The van der Waals surface area contributed by atoms with Crippen molar-refractivity contribution in [1.29, 1.82) is 0 Å². The number of carbonyl (C=O) groups is 2. The van der Waals surface area contributed by atoms with E-state index in [1.807, 2.05) is 4.90 Å². The van der Waals surface area contributed by atoms with Gasteiger partial charge in [0.1, 0.15) is 6.61 Å². The van der Waals surface area contributed by atoms with Crippen LogP contribution in [0.25, 0.3) is 0 Å². The molecule has 116 valence electrons. The molecule has 0 aromatic rings. The summed E-state index contributed by atoms with van der Waals surface area (Å²) < 4.78 is 9.68. The number of carbonyl (C=O) groups excluding carboxylic acids is 2. The molecule has 0 aromatic heterocycles. The van der Waals surface area contributed by atoms with Crippen LogP contribution >= 0.6 is 0 Å². The summed E-state index contributed by atoms with van der Waals surface area (Å²) in [6.45, 7) is 3.06. The van der Waals surface area contributed by atoms with E-state index in [1.54, 1.807) is 7.11 Å². The van der Waals surface area contributed by atoms with Crippen molar-refractivity contribution in [3.05, 3.63) is 0 Å². The molecule has 1 saturated heterocycles. The molecule has 0 unspecified atom stereocenters. The van der Waals surface area contributed by atoms with Crippen molar-refractivity contribution in [2.24, 2.45) is 0 Å². The molecule has 0 radical (unpaired) electrons. The van der Waals surface area contributed by atoms with Gasteiger partial charge in [0.2, 0.25) is 11.8 Å². The molecule has 1 aliphatic rings. The Labute approximate surface area is 120 Å². The Bertz CT molecular complexity index is 304. The van der Waals surface area contributed by atoms with Crippen LogP contribution in [0.3, 0.4) is 0 Å². The Morgan fingerprint density at radius 1 is 1.20 bits per heavy atom. The van der Waals surface area contributed by atoms with Crippen LogP contribution in [0.15, 0.2) is 0 Å². The van der Waals surface area contributed by atoms with E-state index in [4.69, 9.17) is 9.47 Å². The van der Waals surface area contributed by atoms with E-state index in [-0.39, 0.29) is 24.5 Å². The van der Waals surface area contributed by atoms with Crippen molar-refractivity contribution in [3.63, 3.8) is 0 Å². The van der Waals surface area contributed by atoms with E-state index in [9.17, 15) is 9.59 Å². The highest BCUT2D eigenvalue weighted by Crippen LogP contribution is 2.10. The number of likely N-dealkylation sites (tertiary alicyclic amines) is 1. The Balaban J connectivity index is 2.17. The molecule has 0 bridgehead atoms. The molecule has 2 amide bonds. The molecule has 7 heteroatoms. The van der Waals surface area contributed by atoms with Crippen molar-refractivity contribution in [1.82, 2.24) is 15.5 Å². The van der Waals surface area contributed by atoms with E-state index in [2.05, 4.69) is 10.6 Å². The van der Waals surface area contributed by atoms with E-state index >= 15 is 0 Å². The highest BCUT2D eigenvalue weighted by atomic mass is 16.5. The van der Waals surface area contributed by atoms with Crippen LogP contribution in [0.2, 0.25) is 0 Å². The van der Waals surface area contributed by atoms with Gasteiger partial charge in [-0.25, -0.2) is 0 Å². The van der Waals surface area contributed by atoms with Crippen LogP contribution in [0.1, 0.15) is 12.8 Å². The number of ether oxygens (including phenoxy) is 2. The van der Waals surface area contributed by atoms with Gasteiger partial charge in [-0.05, 0) is 12.8 Å². The third-order valence-electron chi connectivity index (χ3n) is 3.25. The molecule has 0 aromatic carbocycles. The molecule has 7 nitrogen and oxygen atoms in total. The van der Waals surface area contributed by atoms with Gasteiger partial charge < -0.3 is 25.0 Å². The Morgan fingerprint density at radius 3 is 2.50 bits per heavy atom. The highest BCUT2D eigenvalue weighted by Gasteiger charge is 2.23. The van der Waals surface area contributed by atoms with Gasteiger partial charge in [-0.2, -0.15) is 0 Å². The summed E-state index contributed by atoms with van der Waals surface area (Å²) in [5.41, 5.74) is 0. The predicted octanol–water partition coefficient (Wildman–Crippen LogP) is -1.02. The molecule has 1 heterocycles. The number of amides is 2. The average molecular weight is 287 g/mol. The standard InChI is InChI=1S/C13H25N3O4/c1-19-8-5-14-9-13(18)16-6-3-11(4-7-16)15-12(17)10-20-2/h11,14H,3-10H2,1-2H3,(H,15,17). The molecule has 1 fully saturated rings. The van der Waals surface area contributed by atoms with E-state index in [0.717, 1.165) is 12.8 Å². The third kappa shape index (κ3) is 6.31. The smallest absolute Gasteiger partial charge is 0.246 e. The second-order valence-corrected chi connectivity index (χ2v) is 4.83. The van der Waals surface area contributed by atoms with Gasteiger partial charge in [-0.1, -0.05) is 0 Å². The minimum Gasteiger partial charge on any atom is -0.383 e. The molecular formula is C13H25N3O4. The Kier molecular flexibility index (Phi) is 8.17. The first-order chi connectivity index (χ1) is 9.67. The lowest BCUT2D eigenvalue weighted by molar-refractivity contribution is -0.131. The largest absolute Gasteiger partial charge is 0.383 e. The monoisotopic (exact) mass is 287 g/mol. The number of rotatable bonds is 8. The summed E-state index contributed by atoms with van der Waals surface area (Å²) in [5, 5.41) is 5.95. The van der Waals surface area contributed by atoms with Crippen LogP contribution < -0.4 is 10.6 Å². The lowest BCUT2D eigenvalue weighted by Crippen LogP contribution is -2.49. The topological polar surface area (TPSA) is 79.9 Å². The summed E-state index contributed by atoms with van der Waals surface area (Å²) in [5.74, 6) is 0.00119. The van der Waals surface area contributed by atoms with Crippen LogP contribution in [-0.4, -0.2) is 76.4 Å². The number of nitrogens with zero attached hydrogens (tertiary/aromatic N) is 1. The number of nitrogens with one attached hydrogen (secondary N) is 2. The molecule has 20 heavy (non-hydrogen) atoms. The van der Waals surface area contributed by atoms with Gasteiger partial charge in [0.05, 0.1) is 13.2 Å². The lowest BCUT2D eigenvalue weighted by atomic mass is 10.0. The summed E-state index contributed by atoms with van der Waals surface area (Å²) in [6, 6.07) is 0.142. The summed E-state index contributed by atoms with van der Waals surface area (Å²) in [4.78, 5) is 25.1. The van der Waals surface area contributed by atoms with Crippen molar-refractivity contribution < 1.29 is 19.1 Å². The fraction of sp³-hybridized carbons (Fsp3) is 0.846. The maximum atomic E-state index is 11.9. The molecule has 2 N–H and O–H groups in total. The van der Waals surface area contributed by atoms with Crippen LogP contribution in [0.5, 0.6) is 0 Å². The first kappa shape index (κ1) is 16.9.